The largest absolute Gasteiger partial charge is 0.460 e. The minimum absolute atomic E-state index is 0.161. The molecule has 0 radical (unpaired) electrons. The molecule has 2 atom stereocenters. The van der Waals surface area contributed by atoms with Crippen molar-refractivity contribution in [2.45, 2.75) is 38.3 Å². The lowest BCUT2D eigenvalue weighted by Crippen LogP contribution is -2.34. The van der Waals surface area contributed by atoms with Crippen LogP contribution in [0.1, 0.15) is 20.3 Å². The molecule has 1 heterocycles. The van der Waals surface area contributed by atoms with Crippen molar-refractivity contribution in [3.8, 4) is 0 Å². The molecule has 7 heteroatoms. The van der Waals surface area contributed by atoms with Crippen LogP contribution in [0, 0.1) is 0 Å². The zero-order valence-electron chi connectivity index (χ0n) is 8.97. The Balaban J connectivity index is 2.32. The highest BCUT2D eigenvalue weighted by molar-refractivity contribution is 5.70. The molecule has 1 fully saturated rings. The maximum Gasteiger partial charge on any atom is 0.399 e. The molecule has 0 aromatic carbocycles. The smallest absolute Gasteiger partial charge is 0.399 e. The monoisotopic (exact) mass is 242 g/mol. The summed E-state index contributed by atoms with van der Waals surface area (Å²) in [6.07, 6.45) is -6.31. The summed E-state index contributed by atoms with van der Waals surface area (Å²) in [5, 5.41) is 0. The number of alkyl halides is 3. The molecule has 0 bridgehead atoms. The van der Waals surface area contributed by atoms with Crippen LogP contribution in [0.2, 0.25) is 0 Å². The highest BCUT2D eigenvalue weighted by atomic mass is 19.4. The molecule has 0 saturated carbocycles. The predicted molar refractivity (Wildman–Crippen MR) is 46.5 cm³/mol. The van der Waals surface area contributed by atoms with E-state index in [2.05, 4.69) is 4.74 Å². The maximum atomic E-state index is 11.8. The third-order valence-electron chi connectivity index (χ3n) is 1.91. The average Bonchev–Trinajstić information content (AvgIpc) is 2.41. The van der Waals surface area contributed by atoms with Gasteiger partial charge in [-0.05, 0) is 13.8 Å². The molecule has 0 amide bonds. The topological polar surface area (TPSA) is 44.8 Å². The lowest BCUT2D eigenvalue weighted by atomic mass is 10.3. The van der Waals surface area contributed by atoms with Crippen LogP contribution in [0.25, 0.3) is 0 Å². The van der Waals surface area contributed by atoms with Gasteiger partial charge in [0.2, 0.25) is 0 Å². The summed E-state index contributed by atoms with van der Waals surface area (Å²) < 4.78 is 50.2. The van der Waals surface area contributed by atoms with E-state index in [1.165, 1.54) is 6.92 Å². The number of carbonyl (C=O) groups excluding carboxylic acids is 1. The number of hydrogen-bond donors (Lipinski definition) is 0. The highest BCUT2D eigenvalue weighted by Crippen LogP contribution is 2.24. The summed E-state index contributed by atoms with van der Waals surface area (Å²) in [5.74, 6) is -2.47. The van der Waals surface area contributed by atoms with Gasteiger partial charge in [0.15, 0.2) is 5.79 Å². The summed E-state index contributed by atoms with van der Waals surface area (Å²) in [7, 11) is 0. The van der Waals surface area contributed by atoms with Gasteiger partial charge in [0.1, 0.15) is 13.0 Å². The molecule has 1 aliphatic rings. The van der Waals surface area contributed by atoms with E-state index in [1.54, 1.807) is 6.92 Å². The van der Waals surface area contributed by atoms with Gasteiger partial charge in [-0.15, -0.1) is 0 Å². The zero-order chi connectivity index (χ0) is 12.4. The molecule has 2 unspecified atom stereocenters. The van der Waals surface area contributed by atoms with Crippen molar-refractivity contribution in [2.75, 3.05) is 13.2 Å². The van der Waals surface area contributed by atoms with Crippen LogP contribution in [0.4, 0.5) is 13.2 Å². The molecular formula is C9H13F3O4. The standard InChI is InChI=1S/C9H13F3O4/c1-6-4-15-8(2,16-6)5-14-7(13)3-9(10,11)12/h6H,3-5H2,1-2H3. The number of carbonyl (C=O) groups is 1. The molecule has 4 nitrogen and oxygen atoms in total. The van der Waals surface area contributed by atoms with Crippen LogP contribution < -0.4 is 0 Å². The highest BCUT2D eigenvalue weighted by Gasteiger charge is 2.38. The van der Waals surface area contributed by atoms with E-state index in [0.717, 1.165) is 0 Å². The maximum absolute atomic E-state index is 11.8. The van der Waals surface area contributed by atoms with Crippen LogP contribution in [0.15, 0.2) is 0 Å². The molecule has 1 aliphatic heterocycles. The van der Waals surface area contributed by atoms with E-state index in [-0.39, 0.29) is 12.7 Å². The fourth-order valence-corrected chi connectivity index (χ4v) is 1.29. The van der Waals surface area contributed by atoms with E-state index in [9.17, 15) is 18.0 Å². The van der Waals surface area contributed by atoms with Crippen LogP contribution in [-0.2, 0) is 19.0 Å². The van der Waals surface area contributed by atoms with Crippen LogP contribution in [0.5, 0.6) is 0 Å². The van der Waals surface area contributed by atoms with Gasteiger partial charge in [-0.1, -0.05) is 0 Å². The molecular weight excluding hydrogens is 229 g/mol. The number of esters is 1. The molecule has 0 aromatic heterocycles. The van der Waals surface area contributed by atoms with Crippen molar-refractivity contribution < 1.29 is 32.2 Å². The van der Waals surface area contributed by atoms with Gasteiger partial charge in [-0.3, -0.25) is 4.79 Å². The lowest BCUT2D eigenvalue weighted by Gasteiger charge is -2.22. The van der Waals surface area contributed by atoms with Crippen molar-refractivity contribution in [1.29, 1.82) is 0 Å². The molecule has 0 spiro atoms. The molecule has 0 aromatic rings. The second kappa shape index (κ2) is 4.58. The van der Waals surface area contributed by atoms with Crippen molar-refractivity contribution in [2.24, 2.45) is 0 Å². The molecule has 1 saturated heterocycles. The second-order valence-corrected chi connectivity index (χ2v) is 3.83. The minimum Gasteiger partial charge on any atom is -0.460 e. The molecule has 0 aliphatic carbocycles. The van der Waals surface area contributed by atoms with Gasteiger partial charge in [-0.2, -0.15) is 13.2 Å². The Labute approximate surface area is 90.7 Å². The Bertz CT molecular complexity index is 266. The van der Waals surface area contributed by atoms with Crippen molar-refractivity contribution in [3.63, 3.8) is 0 Å². The van der Waals surface area contributed by atoms with Gasteiger partial charge in [0, 0.05) is 0 Å². The Morgan fingerprint density at radius 3 is 2.62 bits per heavy atom. The van der Waals surface area contributed by atoms with Crippen LogP contribution in [0.3, 0.4) is 0 Å². The van der Waals surface area contributed by atoms with Crippen molar-refractivity contribution in [1.82, 2.24) is 0 Å². The van der Waals surface area contributed by atoms with Crippen molar-refractivity contribution in [3.05, 3.63) is 0 Å². The van der Waals surface area contributed by atoms with Crippen LogP contribution in [-0.4, -0.2) is 37.3 Å². The molecule has 16 heavy (non-hydrogen) atoms. The van der Waals surface area contributed by atoms with E-state index in [1.807, 2.05) is 0 Å². The molecule has 0 N–H and O–H groups in total. The number of halogens is 3. The van der Waals surface area contributed by atoms with Gasteiger partial charge >= 0.3 is 12.1 Å². The van der Waals surface area contributed by atoms with E-state index >= 15 is 0 Å². The third-order valence-corrected chi connectivity index (χ3v) is 1.91. The lowest BCUT2D eigenvalue weighted by molar-refractivity contribution is -0.203. The fourth-order valence-electron chi connectivity index (χ4n) is 1.29. The number of ether oxygens (including phenoxy) is 3. The summed E-state index contributed by atoms with van der Waals surface area (Å²) in [4.78, 5) is 10.8. The van der Waals surface area contributed by atoms with Gasteiger partial charge in [-0.25, -0.2) is 0 Å². The van der Waals surface area contributed by atoms with Crippen molar-refractivity contribution >= 4 is 5.97 Å². The summed E-state index contributed by atoms with van der Waals surface area (Å²) in [6, 6.07) is 0. The first-order valence-electron chi connectivity index (χ1n) is 4.74. The average molecular weight is 242 g/mol. The third kappa shape index (κ3) is 4.36. The zero-order valence-corrected chi connectivity index (χ0v) is 8.97. The van der Waals surface area contributed by atoms with E-state index < -0.39 is 24.4 Å². The quantitative estimate of drug-likeness (QED) is 0.705. The van der Waals surface area contributed by atoms with Gasteiger partial charge < -0.3 is 14.2 Å². The minimum atomic E-state index is -4.55. The first kappa shape index (κ1) is 13.2. The summed E-state index contributed by atoms with van der Waals surface area (Å²) >= 11 is 0. The van der Waals surface area contributed by atoms with E-state index in [4.69, 9.17) is 9.47 Å². The van der Waals surface area contributed by atoms with Crippen LogP contribution >= 0.6 is 0 Å². The van der Waals surface area contributed by atoms with Gasteiger partial charge in [0.25, 0.3) is 0 Å². The van der Waals surface area contributed by atoms with Gasteiger partial charge in [0.05, 0.1) is 12.7 Å². The molecule has 1 rings (SSSR count). The Kier molecular flexibility index (Phi) is 3.80. The number of rotatable bonds is 3. The first-order chi connectivity index (χ1) is 7.20. The summed E-state index contributed by atoms with van der Waals surface area (Å²) in [5.41, 5.74) is 0. The fraction of sp³-hybridized carbons (Fsp3) is 0.889. The Morgan fingerprint density at radius 2 is 2.19 bits per heavy atom. The Morgan fingerprint density at radius 1 is 1.56 bits per heavy atom. The number of hydrogen-bond acceptors (Lipinski definition) is 4. The second-order valence-electron chi connectivity index (χ2n) is 3.83. The predicted octanol–water partition coefficient (Wildman–Crippen LogP) is 1.63. The first-order valence-corrected chi connectivity index (χ1v) is 4.74. The normalized spacial score (nSPS) is 30.4. The Hall–Kier alpha value is -0.820. The van der Waals surface area contributed by atoms with E-state index in [0.29, 0.717) is 6.61 Å². The summed E-state index contributed by atoms with van der Waals surface area (Å²) in [6.45, 7) is 3.25. The molecule has 94 valence electrons. The SMILES string of the molecule is CC1COC(C)(COC(=O)CC(F)(F)F)O1.